The molecule has 3 rings (SSSR count). The average molecular weight is 441 g/mol. The van der Waals surface area contributed by atoms with Crippen LogP contribution in [0.1, 0.15) is 16.7 Å². The van der Waals surface area contributed by atoms with Crippen molar-refractivity contribution in [1.29, 1.82) is 0 Å². The van der Waals surface area contributed by atoms with Crippen LogP contribution < -0.4 is 5.32 Å². The number of aromatic nitrogens is 3. The first-order valence-corrected chi connectivity index (χ1v) is 9.77. The number of carbonyl (C=O) groups is 1. The summed E-state index contributed by atoms with van der Waals surface area (Å²) < 4.78 is 39.9. The van der Waals surface area contributed by atoms with Gasteiger partial charge in [0.25, 0.3) is 0 Å². The summed E-state index contributed by atoms with van der Waals surface area (Å²) in [5.74, 6) is -0.594. The maximum absolute atomic E-state index is 12.7. The van der Waals surface area contributed by atoms with Crippen LogP contribution in [-0.2, 0) is 11.0 Å². The van der Waals surface area contributed by atoms with Crippen LogP contribution in [0.2, 0.25) is 5.02 Å². The second-order valence-electron chi connectivity index (χ2n) is 6.31. The van der Waals surface area contributed by atoms with Crippen molar-refractivity contribution in [3.8, 4) is 5.69 Å². The van der Waals surface area contributed by atoms with Crippen molar-refractivity contribution >= 4 is 35.1 Å². The van der Waals surface area contributed by atoms with Gasteiger partial charge in [0, 0.05) is 24.3 Å². The molecule has 152 valence electrons. The number of aryl methyl sites for hydroxylation is 2. The largest absolute Gasteiger partial charge is 0.417 e. The number of benzene rings is 1. The molecular formula is C19H16ClF3N4OS. The maximum atomic E-state index is 12.7. The normalized spacial score (nSPS) is 11.5. The minimum atomic E-state index is -4.56. The summed E-state index contributed by atoms with van der Waals surface area (Å²) in [6.07, 6.45) is -0.503. The van der Waals surface area contributed by atoms with Crippen molar-refractivity contribution in [2.45, 2.75) is 25.2 Å². The van der Waals surface area contributed by atoms with Crippen molar-refractivity contribution in [2.75, 3.05) is 11.1 Å². The highest BCUT2D eigenvalue weighted by atomic mass is 35.5. The first kappa shape index (κ1) is 21.2. The summed E-state index contributed by atoms with van der Waals surface area (Å²) in [5, 5.41) is 2.75. The highest BCUT2D eigenvalue weighted by Crippen LogP contribution is 2.32. The van der Waals surface area contributed by atoms with E-state index in [9.17, 15) is 18.0 Å². The maximum Gasteiger partial charge on any atom is 0.417 e. The first-order valence-electron chi connectivity index (χ1n) is 8.41. The molecule has 5 nitrogen and oxygen atoms in total. The smallest absolute Gasteiger partial charge is 0.309 e. The zero-order valence-electron chi connectivity index (χ0n) is 15.4. The van der Waals surface area contributed by atoms with E-state index in [4.69, 9.17) is 11.6 Å². The van der Waals surface area contributed by atoms with Gasteiger partial charge in [0.15, 0.2) is 11.0 Å². The van der Waals surface area contributed by atoms with Gasteiger partial charge in [-0.05, 0) is 43.2 Å². The van der Waals surface area contributed by atoms with Crippen LogP contribution in [0.4, 0.5) is 19.0 Å². The Balaban J connectivity index is 1.67. The number of carbonyl (C=O) groups excluding carboxylic acids is 1. The predicted molar refractivity (Wildman–Crippen MR) is 107 cm³/mol. The minimum Gasteiger partial charge on any atom is -0.309 e. The van der Waals surface area contributed by atoms with Crippen molar-refractivity contribution in [1.82, 2.24) is 14.5 Å². The SMILES string of the molecule is Cc1cc(C)cc(-n2ccnc2SCC(=O)Nc2ncc(C(F)(F)F)cc2Cl)c1. The Morgan fingerprint density at radius 2 is 1.86 bits per heavy atom. The molecule has 0 aliphatic heterocycles. The molecular weight excluding hydrogens is 425 g/mol. The molecule has 2 aromatic heterocycles. The number of alkyl halides is 3. The zero-order chi connectivity index (χ0) is 21.2. The van der Waals surface area contributed by atoms with E-state index in [1.165, 1.54) is 11.8 Å². The molecule has 0 aliphatic rings. The van der Waals surface area contributed by atoms with Crippen molar-refractivity contribution in [3.63, 3.8) is 0 Å². The fourth-order valence-corrected chi connectivity index (χ4v) is 3.65. The fraction of sp³-hybridized carbons (Fsp3) is 0.211. The third kappa shape index (κ3) is 5.30. The molecule has 0 fully saturated rings. The topological polar surface area (TPSA) is 59.8 Å². The highest BCUT2D eigenvalue weighted by molar-refractivity contribution is 7.99. The lowest BCUT2D eigenvalue weighted by Gasteiger charge is -2.11. The van der Waals surface area contributed by atoms with Crippen LogP contribution >= 0.6 is 23.4 Å². The van der Waals surface area contributed by atoms with E-state index in [0.717, 1.165) is 22.9 Å². The molecule has 10 heteroatoms. The van der Waals surface area contributed by atoms with Crippen LogP contribution in [0.15, 0.2) is 48.0 Å². The van der Waals surface area contributed by atoms with Gasteiger partial charge < -0.3 is 5.32 Å². The van der Waals surface area contributed by atoms with E-state index in [1.807, 2.05) is 30.5 Å². The summed E-state index contributed by atoms with van der Waals surface area (Å²) in [4.78, 5) is 20.1. The van der Waals surface area contributed by atoms with Gasteiger partial charge in [0.2, 0.25) is 5.91 Å². The Morgan fingerprint density at radius 3 is 2.48 bits per heavy atom. The van der Waals surface area contributed by atoms with E-state index < -0.39 is 17.6 Å². The predicted octanol–water partition coefficient (Wildman–Crippen LogP) is 5.29. The summed E-state index contributed by atoms with van der Waals surface area (Å²) in [6.45, 7) is 3.99. The van der Waals surface area contributed by atoms with Gasteiger partial charge in [-0.1, -0.05) is 29.4 Å². The van der Waals surface area contributed by atoms with Gasteiger partial charge in [-0.25, -0.2) is 9.97 Å². The lowest BCUT2D eigenvalue weighted by molar-refractivity contribution is -0.137. The molecule has 0 spiro atoms. The Hall–Kier alpha value is -2.52. The van der Waals surface area contributed by atoms with E-state index in [1.54, 1.807) is 12.4 Å². The molecule has 29 heavy (non-hydrogen) atoms. The van der Waals surface area contributed by atoms with Gasteiger partial charge >= 0.3 is 6.18 Å². The van der Waals surface area contributed by atoms with Crippen molar-refractivity contribution in [2.24, 2.45) is 0 Å². The van der Waals surface area contributed by atoms with Crippen molar-refractivity contribution < 1.29 is 18.0 Å². The van der Waals surface area contributed by atoms with E-state index in [-0.39, 0.29) is 16.6 Å². The third-order valence-electron chi connectivity index (χ3n) is 3.85. The zero-order valence-corrected chi connectivity index (χ0v) is 17.0. The number of rotatable bonds is 5. The second-order valence-corrected chi connectivity index (χ2v) is 7.66. The van der Waals surface area contributed by atoms with Crippen LogP contribution in [0.25, 0.3) is 5.69 Å². The summed E-state index contributed by atoms with van der Waals surface area (Å²) >= 11 is 7.00. The molecule has 0 saturated heterocycles. The lowest BCUT2D eigenvalue weighted by Crippen LogP contribution is -2.16. The number of anilines is 1. The van der Waals surface area contributed by atoms with Crippen molar-refractivity contribution in [3.05, 3.63) is 64.6 Å². The number of nitrogens with one attached hydrogen (secondary N) is 1. The molecule has 3 aromatic rings. The fourth-order valence-electron chi connectivity index (χ4n) is 2.67. The highest BCUT2D eigenvalue weighted by Gasteiger charge is 2.31. The molecule has 0 atom stereocenters. The Morgan fingerprint density at radius 1 is 1.17 bits per heavy atom. The molecule has 0 aliphatic carbocycles. The number of nitrogens with zero attached hydrogens (tertiary/aromatic N) is 3. The monoisotopic (exact) mass is 440 g/mol. The van der Waals surface area contributed by atoms with E-state index in [0.29, 0.717) is 11.4 Å². The molecule has 0 bridgehead atoms. The molecule has 2 heterocycles. The van der Waals surface area contributed by atoms with Gasteiger partial charge in [0.1, 0.15) is 0 Å². The van der Waals surface area contributed by atoms with Gasteiger partial charge in [-0.2, -0.15) is 13.2 Å². The Labute approximate surface area is 174 Å². The van der Waals surface area contributed by atoms with Crippen LogP contribution in [-0.4, -0.2) is 26.2 Å². The standard InChI is InChI=1S/C19H16ClF3N4OS/c1-11-5-12(2)7-14(6-11)27-4-3-24-18(27)29-10-16(28)26-17-15(20)8-13(9-25-17)19(21,22)23/h3-9H,10H2,1-2H3,(H,25,26,28). The second kappa shape index (κ2) is 8.46. The van der Waals surface area contributed by atoms with Crippen LogP contribution in [0.5, 0.6) is 0 Å². The summed E-state index contributed by atoms with van der Waals surface area (Å²) in [6, 6.07) is 6.79. The number of hydrogen-bond donors (Lipinski definition) is 1. The molecule has 1 amide bonds. The summed E-state index contributed by atoms with van der Waals surface area (Å²) in [7, 11) is 0. The third-order valence-corrected chi connectivity index (χ3v) is 5.11. The number of thioether (sulfide) groups is 1. The Bertz CT molecular complexity index is 1030. The van der Waals surface area contributed by atoms with E-state index in [2.05, 4.69) is 21.4 Å². The average Bonchev–Trinajstić information content (AvgIpc) is 3.08. The lowest BCUT2D eigenvalue weighted by atomic mass is 10.1. The van der Waals surface area contributed by atoms with Gasteiger partial charge in [0.05, 0.1) is 16.3 Å². The molecule has 1 N–H and O–H groups in total. The molecule has 0 radical (unpaired) electrons. The Kier molecular flexibility index (Phi) is 6.18. The summed E-state index contributed by atoms with van der Waals surface area (Å²) in [5.41, 5.74) is 2.15. The quantitative estimate of drug-likeness (QED) is 0.548. The van der Waals surface area contributed by atoms with Crippen LogP contribution in [0, 0.1) is 13.8 Å². The number of amides is 1. The first-order chi connectivity index (χ1) is 13.6. The molecule has 0 unspecified atom stereocenters. The number of imidazole rings is 1. The number of hydrogen-bond acceptors (Lipinski definition) is 4. The minimum absolute atomic E-state index is 0.0131. The van der Waals surface area contributed by atoms with E-state index >= 15 is 0 Å². The van der Waals surface area contributed by atoms with Gasteiger partial charge in [-0.15, -0.1) is 0 Å². The van der Waals surface area contributed by atoms with Gasteiger partial charge in [-0.3, -0.25) is 9.36 Å². The number of pyridine rings is 1. The van der Waals surface area contributed by atoms with Crippen LogP contribution in [0.3, 0.4) is 0 Å². The number of halogens is 4. The molecule has 1 aromatic carbocycles. The molecule has 0 saturated carbocycles.